The van der Waals surface area contributed by atoms with Crippen LogP contribution in [0.25, 0.3) is 11.0 Å². The van der Waals surface area contributed by atoms with Crippen molar-refractivity contribution in [2.45, 2.75) is 34.1 Å². The van der Waals surface area contributed by atoms with Gasteiger partial charge in [0.2, 0.25) is 0 Å². The van der Waals surface area contributed by atoms with Crippen LogP contribution in [0.2, 0.25) is 10.0 Å². The molecule has 1 atom stereocenters. The molecular formula is C14H18Cl2N2. The molecule has 0 aliphatic carbocycles. The van der Waals surface area contributed by atoms with Gasteiger partial charge in [-0.15, -0.1) is 0 Å². The van der Waals surface area contributed by atoms with Crippen molar-refractivity contribution in [1.29, 1.82) is 0 Å². The number of rotatable bonds is 2. The van der Waals surface area contributed by atoms with Crippen molar-refractivity contribution in [1.82, 2.24) is 9.97 Å². The SMILES string of the molecule is CC(Cc1nc2cc(Cl)c(Cl)cc2[nH]1)C(C)(C)C. The van der Waals surface area contributed by atoms with Crippen molar-refractivity contribution >= 4 is 34.2 Å². The lowest BCUT2D eigenvalue weighted by Gasteiger charge is -2.26. The summed E-state index contributed by atoms with van der Waals surface area (Å²) in [5, 5.41) is 1.11. The van der Waals surface area contributed by atoms with Crippen LogP contribution in [0.3, 0.4) is 0 Å². The molecule has 2 aromatic rings. The highest BCUT2D eigenvalue weighted by atomic mass is 35.5. The Morgan fingerprint density at radius 1 is 1.22 bits per heavy atom. The van der Waals surface area contributed by atoms with Gasteiger partial charge in [-0.3, -0.25) is 0 Å². The molecule has 1 aromatic heterocycles. The molecule has 0 bridgehead atoms. The highest BCUT2D eigenvalue weighted by Gasteiger charge is 2.21. The molecule has 0 saturated carbocycles. The van der Waals surface area contributed by atoms with E-state index in [2.05, 4.69) is 37.7 Å². The second kappa shape index (κ2) is 4.75. The summed E-state index contributed by atoms with van der Waals surface area (Å²) >= 11 is 12.0. The lowest BCUT2D eigenvalue weighted by Crippen LogP contribution is -2.19. The first-order valence-electron chi connectivity index (χ1n) is 6.11. The molecule has 1 N–H and O–H groups in total. The van der Waals surface area contributed by atoms with Crippen LogP contribution in [-0.4, -0.2) is 9.97 Å². The Bertz CT molecular complexity index is 528. The predicted molar refractivity (Wildman–Crippen MR) is 78.4 cm³/mol. The van der Waals surface area contributed by atoms with E-state index in [-0.39, 0.29) is 5.41 Å². The minimum atomic E-state index is 0.272. The number of hydrogen-bond donors (Lipinski definition) is 1. The van der Waals surface area contributed by atoms with Crippen molar-refractivity contribution < 1.29 is 0 Å². The van der Waals surface area contributed by atoms with E-state index in [0.717, 1.165) is 23.3 Å². The Morgan fingerprint density at radius 2 is 1.83 bits per heavy atom. The number of halogens is 2. The standard InChI is InChI=1S/C14H18Cl2N2/c1-8(14(2,3)4)5-13-17-11-6-9(15)10(16)7-12(11)18-13/h6-8H,5H2,1-4H3,(H,17,18). The Balaban J connectivity index is 2.31. The Morgan fingerprint density at radius 3 is 2.44 bits per heavy atom. The van der Waals surface area contributed by atoms with Gasteiger partial charge in [0.25, 0.3) is 0 Å². The third-order valence-electron chi connectivity index (χ3n) is 3.55. The van der Waals surface area contributed by atoms with Gasteiger partial charge >= 0.3 is 0 Å². The molecule has 1 aromatic carbocycles. The van der Waals surface area contributed by atoms with Crippen LogP contribution in [0.4, 0.5) is 0 Å². The maximum atomic E-state index is 6.00. The molecule has 4 heteroatoms. The van der Waals surface area contributed by atoms with Crippen LogP contribution in [0.15, 0.2) is 12.1 Å². The van der Waals surface area contributed by atoms with Gasteiger partial charge in [0.15, 0.2) is 0 Å². The minimum absolute atomic E-state index is 0.272. The van der Waals surface area contributed by atoms with Crippen molar-refractivity contribution in [3.63, 3.8) is 0 Å². The number of aromatic nitrogens is 2. The summed E-state index contributed by atoms with van der Waals surface area (Å²) in [4.78, 5) is 7.88. The maximum Gasteiger partial charge on any atom is 0.107 e. The van der Waals surface area contributed by atoms with Gasteiger partial charge in [-0.05, 0) is 23.5 Å². The maximum absolute atomic E-state index is 6.00. The highest BCUT2D eigenvalue weighted by molar-refractivity contribution is 6.42. The average Bonchev–Trinajstić information content (AvgIpc) is 2.59. The fraction of sp³-hybridized carbons (Fsp3) is 0.500. The summed E-state index contributed by atoms with van der Waals surface area (Å²) in [5.41, 5.74) is 2.09. The van der Waals surface area contributed by atoms with Crippen molar-refractivity contribution in [2.24, 2.45) is 11.3 Å². The van der Waals surface area contributed by atoms with Gasteiger partial charge < -0.3 is 4.98 Å². The van der Waals surface area contributed by atoms with E-state index in [4.69, 9.17) is 23.2 Å². The van der Waals surface area contributed by atoms with Crippen LogP contribution in [-0.2, 0) is 6.42 Å². The molecule has 0 amide bonds. The number of nitrogens with one attached hydrogen (secondary N) is 1. The number of H-pyrrole nitrogens is 1. The molecular weight excluding hydrogens is 267 g/mol. The number of fused-ring (bicyclic) bond motifs is 1. The van der Waals surface area contributed by atoms with Crippen molar-refractivity contribution in [2.75, 3.05) is 0 Å². The minimum Gasteiger partial charge on any atom is -0.342 e. The van der Waals surface area contributed by atoms with Crippen LogP contribution in [0.5, 0.6) is 0 Å². The van der Waals surface area contributed by atoms with Crippen LogP contribution in [0, 0.1) is 11.3 Å². The number of hydrogen-bond acceptors (Lipinski definition) is 1. The first-order valence-corrected chi connectivity index (χ1v) is 6.86. The number of imidazole rings is 1. The largest absolute Gasteiger partial charge is 0.342 e. The Kier molecular flexibility index (Phi) is 3.61. The third kappa shape index (κ3) is 2.81. The quantitative estimate of drug-likeness (QED) is 0.817. The van der Waals surface area contributed by atoms with Crippen molar-refractivity contribution in [3.8, 4) is 0 Å². The second-order valence-corrected chi connectivity index (χ2v) is 6.75. The summed E-state index contributed by atoms with van der Waals surface area (Å²) in [6.07, 6.45) is 0.924. The van der Waals surface area contributed by atoms with E-state index in [9.17, 15) is 0 Å². The zero-order valence-electron chi connectivity index (χ0n) is 11.1. The van der Waals surface area contributed by atoms with Crippen molar-refractivity contribution in [3.05, 3.63) is 28.0 Å². The molecule has 0 fully saturated rings. The van der Waals surface area contributed by atoms with Gasteiger partial charge in [-0.25, -0.2) is 4.98 Å². The molecule has 0 radical (unpaired) electrons. The van der Waals surface area contributed by atoms with Gasteiger partial charge in [0.1, 0.15) is 5.82 Å². The smallest absolute Gasteiger partial charge is 0.107 e. The molecule has 18 heavy (non-hydrogen) atoms. The summed E-state index contributed by atoms with van der Waals surface area (Å²) in [6.45, 7) is 8.98. The number of aromatic amines is 1. The molecule has 2 nitrogen and oxygen atoms in total. The molecule has 0 spiro atoms. The monoisotopic (exact) mass is 284 g/mol. The lowest BCUT2D eigenvalue weighted by molar-refractivity contribution is 0.257. The normalized spacial score (nSPS) is 14.1. The molecule has 1 heterocycles. The topological polar surface area (TPSA) is 28.7 Å². The van der Waals surface area contributed by atoms with Crippen LogP contribution < -0.4 is 0 Å². The van der Waals surface area contributed by atoms with E-state index < -0.39 is 0 Å². The molecule has 1 unspecified atom stereocenters. The molecule has 0 saturated heterocycles. The van der Waals surface area contributed by atoms with E-state index in [1.807, 2.05) is 6.07 Å². The van der Waals surface area contributed by atoms with E-state index in [1.54, 1.807) is 6.07 Å². The average molecular weight is 285 g/mol. The molecule has 2 rings (SSSR count). The number of nitrogens with zero attached hydrogens (tertiary/aromatic N) is 1. The zero-order valence-corrected chi connectivity index (χ0v) is 12.7. The van der Waals surface area contributed by atoms with E-state index >= 15 is 0 Å². The lowest BCUT2D eigenvalue weighted by atomic mass is 9.80. The Hall–Kier alpha value is -0.730. The van der Waals surface area contributed by atoms with Gasteiger partial charge in [0, 0.05) is 6.42 Å². The fourth-order valence-electron chi connectivity index (χ4n) is 1.75. The van der Waals surface area contributed by atoms with Gasteiger partial charge in [0.05, 0.1) is 21.1 Å². The van der Waals surface area contributed by atoms with E-state index in [1.165, 1.54) is 0 Å². The van der Waals surface area contributed by atoms with Crippen LogP contribution in [0.1, 0.15) is 33.5 Å². The van der Waals surface area contributed by atoms with Gasteiger partial charge in [-0.1, -0.05) is 50.9 Å². The summed E-state index contributed by atoms with van der Waals surface area (Å²) < 4.78 is 0. The first kappa shape index (κ1) is 13.7. The van der Waals surface area contributed by atoms with E-state index in [0.29, 0.717) is 16.0 Å². The van der Waals surface area contributed by atoms with Crippen LogP contribution >= 0.6 is 23.2 Å². The third-order valence-corrected chi connectivity index (χ3v) is 4.27. The summed E-state index contributed by atoms with van der Waals surface area (Å²) in [5.74, 6) is 1.54. The predicted octanol–water partition coefficient (Wildman–Crippen LogP) is 5.09. The summed E-state index contributed by atoms with van der Waals surface area (Å²) in [6, 6.07) is 3.64. The van der Waals surface area contributed by atoms with Gasteiger partial charge in [-0.2, -0.15) is 0 Å². The molecule has 98 valence electrons. The second-order valence-electron chi connectivity index (χ2n) is 5.94. The fourth-order valence-corrected chi connectivity index (χ4v) is 2.07. The first-order chi connectivity index (χ1) is 8.27. The Labute approximate surface area is 118 Å². The zero-order chi connectivity index (χ0) is 13.5. The number of benzene rings is 1. The molecule has 0 aliphatic rings. The highest BCUT2D eigenvalue weighted by Crippen LogP contribution is 2.30. The molecule has 0 aliphatic heterocycles. The summed E-state index contributed by atoms with van der Waals surface area (Å²) in [7, 11) is 0.